The van der Waals surface area contributed by atoms with Crippen LogP contribution in [0.5, 0.6) is 5.88 Å². The Labute approximate surface area is 144 Å². The van der Waals surface area contributed by atoms with Gasteiger partial charge in [-0.25, -0.2) is 4.98 Å². The summed E-state index contributed by atoms with van der Waals surface area (Å²) in [6.45, 7) is -0.483. The van der Waals surface area contributed by atoms with E-state index < -0.39 is 6.61 Å². The predicted octanol–water partition coefficient (Wildman–Crippen LogP) is 6.17. The van der Waals surface area contributed by atoms with Gasteiger partial charge < -0.3 is 4.74 Å². The number of ether oxygens (including phenoxy) is 1. The van der Waals surface area contributed by atoms with Crippen molar-refractivity contribution in [2.75, 3.05) is 0 Å². The molecule has 2 aliphatic carbocycles. The first-order chi connectivity index (χ1) is 11.7. The van der Waals surface area contributed by atoms with Crippen molar-refractivity contribution >= 4 is 0 Å². The number of hydrogen-bond donors (Lipinski definition) is 0. The van der Waals surface area contributed by atoms with Gasteiger partial charge in [0.1, 0.15) is 0 Å². The second kappa shape index (κ2) is 8.26. The van der Waals surface area contributed by atoms with Gasteiger partial charge in [0.05, 0.1) is 0 Å². The Bertz CT molecular complexity index is 489. The van der Waals surface area contributed by atoms with E-state index in [9.17, 15) is 8.78 Å². The summed E-state index contributed by atoms with van der Waals surface area (Å²) in [6, 6.07) is 3.47. The lowest BCUT2D eigenvalue weighted by Gasteiger charge is -2.37. The van der Waals surface area contributed by atoms with Crippen molar-refractivity contribution in [3.05, 3.63) is 23.9 Å². The summed E-state index contributed by atoms with van der Waals surface area (Å²) in [5.41, 5.74) is 1.17. The van der Waals surface area contributed by atoms with Gasteiger partial charge in [-0.3, -0.25) is 0 Å². The van der Waals surface area contributed by atoms with Crippen molar-refractivity contribution in [2.24, 2.45) is 17.8 Å². The molecule has 0 unspecified atom stereocenters. The van der Waals surface area contributed by atoms with Crippen LogP contribution in [0.3, 0.4) is 0 Å². The van der Waals surface area contributed by atoms with E-state index in [1.807, 2.05) is 6.07 Å². The van der Waals surface area contributed by atoms with E-state index in [-0.39, 0.29) is 5.88 Å². The highest BCUT2D eigenvalue weighted by Gasteiger charge is 2.31. The average Bonchev–Trinajstić information content (AvgIpc) is 2.62. The van der Waals surface area contributed by atoms with Gasteiger partial charge in [-0.05, 0) is 67.8 Å². The van der Waals surface area contributed by atoms with E-state index in [0.717, 1.165) is 17.8 Å². The third-order valence-corrected chi connectivity index (χ3v) is 6.35. The third-order valence-electron chi connectivity index (χ3n) is 6.35. The molecule has 2 nitrogen and oxygen atoms in total. The Hall–Kier alpha value is -1.19. The van der Waals surface area contributed by atoms with Crippen molar-refractivity contribution in [3.8, 4) is 5.88 Å². The van der Waals surface area contributed by atoms with Crippen LogP contribution in [0.1, 0.15) is 76.2 Å². The second-order valence-electron chi connectivity index (χ2n) is 7.61. The van der Waals surface area contributed by atoms with Gasteiger partial charge in [0.2, 0.25) is 5.88 Å². The van der Waals surface area contributed by atoms with Crippen molar-refractivity contribution in [2.45, 2.75) is 77.2 Å². The van der Waals surface area contributed by atoms with E-state index in [0.29, 0.717) is 5.92 Å². The van der Waals surface area contributed by atoms with Crippen LogP contribution in [-0.2, 0) is 0 Å². The van der Waals surface area contributed by atoms with Crippen LogP contribution in [0, 0.1) is 17.8 Å². The molecule has 0 bridgehead atoms. The van der Waals surface area contributed by atoms with Gasteiger partial charge in [0, 0.05) is 12.3 Å². The van der Waals surface area contributed by atoms with Crippen LogP contribution < -0.4 is 4.74 Å². The fourth-order valence-corrected chi connectivity index (χ4v) is 4.79. The Morgan fingerprint density at radius 3 is 2.12 bits per heavy atom. The highest BCUT2D eigenvalue weighted by molar-refractivity contribution is 5.21. The monoisotopic (exact) mass is 337 g/mol. The lowest BCUT2D eigenvalue weighted by atomic mass is 9.68. The predicted molar refractivity (Wildman–Crippen MR) is 91.3 cm³/mol. The summed E-state index contributed by atoms with van der Waals surface area (Å²) in [4.78, 5) is 4.02. The molecule has 2 aliphatic rings. The first-order valence-corrected chi connectivity index (χ1v) is 9.56. The largest absolute Gasteiger partial charge is 0.417 e. The number of alkyl halides is 2. The van der Waals surface area contributed by atoms with E-state index >= 15 is 0 Å². The van der Waals surface area contributed by atoms with Gasteiger partial charge in [-0.2, -0.15) is 8.78 Å². The van der Waals surface area contributed by atoms with E-state index in [4.69, 9.17) is 0 Å². The molecule has 0 N–H and O–H groups in total. The molecule has 1 aromatic heterocycles. The van der Waals surface area contributed by atoms with Crippen LogP contribution in [0.2, 0.25) is 0 Å². The first-order valence-electron chi connectivity index (χ1n) is 9.56. The molecule has 2 saturated carbocycles. The van der Waals surface area contributed by atoms with Gasteiger partial charge in [0.15, 0.2) is 0 Å². The lowest BCUT2D eigenvalue weighted by Crippen LogP contribution is -2.25. The number of aromatic nitrogens is 1. The Morgan fingerprint density at radius 2 is 1.62 bits per heavy atom. The minimum absolute atomic E-state index is 0.00937. The highest BCUT2D eigenvalue weighted by Crippen LogP contribution is 2.44. The zero-order valence-electron chi connectivity index (χ0n) is 14.6. The van der Waals surface area contributed by atoms with Crippen LogP contribution in [0.4, 0.5) is 8.78 Å². The van der Waals surface area contributed by atoms with E-state index in [1.54, 1.807) is 12.3 Å². The number of rotatable bonds is 5. The minimum atomic E-state index is -2.80. The maximum atomic E-state index is 12.2. The highest BCUT2D eigenvalue weighted by atomic mass is 19.3. The SMILES string of the molecule is CC[C@H]1CC[C@H](C2CCC(c3ccc(OC(F)F)nc3)CC2)CC1. The van der Waals surface area contributed by atoms with Crippen LogP contribution >= 0.6 is 0 Å². The summed E-state index contributed by atoms with van der Waals surface area (Å²) in [6.07, 6.45) is 13.8. The molecule has 0 aromatic carbocycles. The summed E-state index contributed by atoms with van der Waals surface area (Å²) < 4.78 is 28.7. The van der Waals surface area contributed by atoms with Gasteiger partial charge in [-0.1, -0.05) is 32.3 Å². The maximum Gasteiger partial charge on any atom is 0.388 e. The summed E-state index contributed by atoms with van der Waals surface area (Å²) in [5.74, 6) is 3.34. The topological polar surface area (TPSA) is 22.1 Å². The Morgan fingerprint density at radius 1 is 1.00 bits per heavy atom. The third kappa shape index (κ3) is 4.46. The number of hydrogen-bond acceptors (Lipinski definition) is 2. The quantitative estimate of drug-likeness (QED) is 0.640. The molecule has 3 rings (SSSR count). The number of pyridine rings is 1. The molecule has 2 fully saturated rings. The first kappa shape index (κ1) is 17.6. The van der Waals surface area contributed by atoms with Gasteiger partial charge >= 0.3 is 6.61 Å². The molecule has 4 heteroatoms. The lowest BCUT2D eigenvalue weighted by molar-refractivity contribution is -0.0528. The van der Waals surface area contributed by atoms with E-state index in [2.05, 4.69) is 16.6 Å². The van der Waals surface area contributed by atoms with E-state index in [1.165, 1.54) is 63.4 Å². The van der Waals surface area contributed by atoms with Crippen LogP contribution in [0.25, 0.3) is 0 Å². The van der Waals surface area contributed by atoms with Crippen molar-refractivity contribution in [1.82, 2.24) is 4.98 Å². The Balaban J connectivity index is 1.48. The molecule has 0 saturated heterocycles. The average molecular weight is 337 g/mol. The molecule has 134 valence electrons. The van der Waals surface area contributed by atoms with Gasteiger partial charge in [0.25, 0.3) is 0 Å². The van der Waals surface area contributed by atoms with Crippen molar-refractivity contribution < 1.29 is 13.5 Å². The molecule has 1 aromatic rings. The van der Waals surface area contributed by atoms with Crippen molar-refractivity contribution in [1.29, 1.82) is 0 Å². The fourth-order valence-electron chi connectivity index (χ4n) is 4.79. The van der Waals surface area contributed by atoms with Crippen molar-refractivity contribution in [3.63, 3.8) is 0 Å². The normalized spacial score (nSPS) is 31.2. The number of halogens is 2. The molecule has 0 spiro atoms. The maximum absolute atomic E-state index is 12.2. The van der Waals surface area contributed by atoms with Crippen LogP contribution in [-0.4, -0.2) is 11.6 Å². The summed E-state index contributed by atoms with van der Waals surface area (Å²) >= 11 is 0. The Kier molecular flexibility index (Phi) is 6.07. The van der Waals surface area contributed by atoms with Crippen LogP contribution in [0.15, 0.2) is 18.3 Å². The molecule has 0 amide bonds. The zero-order valence-corrected chi connectivity index (χ0v) is 14.6. The minimum Gasteiger partial charge on any atom is -0.417 e. The summed E-state index contributed by atoms with van der Waals surface area (Å²) in [5, 5.41) is 0. The molecule has 1 heterocycles. The standard InChI is InChI=1S/C20H29F2NO/c1-2-14-3-5-15(6-4-14)16-7-9-17(10-8-16)18-11-12-19(23-13-18)24-20(21)22/h11-17,20H,2-10H2,1H3/t14-,15-,16?,17?. The zero-order chi connectivity index (χ0) is 16.9. The molecule has 0 aliphatic heterocycles. The molecular formula is C20H29F2NO. The number of nitrogens with zero attached hydrogens (tertiary/aromatic N) is 1. The molecule has 0 radical (unpaired) electrons. The molecule has 0 atom stereocenters. The van der Waals surface area contributed by atoms with Gasteiger partial charge in [-0.15, -0.1) is 0 Å². The summed E-state index contributed by atoms with van der Waals surface area (Å²) in [7, 11) is 0. The molecule has 24 heavy (non-hydrogen) atoms. The molecular weight excluding hydrogens is 308 g/mol. The smallest absolute Gasteiger partial charge is 0.388 e. The fraction of sp³-hybridized carbons (Fsp3) is 0.750. The second-order valence-corrected chi connectivity index (χ2v) is 7.61.